The summed E-state index contributed by atoms with van der Waals surface area (Å²) in [4.78, 5) is 14.5. The number of sulfone groups is 1. The van der Waals surface area contributed by atoms with Crippen LogP contribution in [-0.2, 0) is 19.9 Å². The van der Waals surface area contributed by atoms with Gasteiger partial charge in [0, 0.05) is 25.7 Å². The Balaban J connectivity index is 1.84. The first-order valence-corrected chi connectivity index (χ1v) is 12.8. The molecule has 0 aromatic heterocycles. The van der Waals surface area contributed by atoms with Gasteiger partial charge in [0.25, 0.3) is 5.91 Å². The van der Waals surface area contributed by atoms with E-state index in [2.05, 4.69) is 6.92 Å². The zero-order chi connectivity index (χ0) is 20.7. The Morgan fingerprint density at radius 1 is 1.25 bits per heavy atom. The van der Waals surface area contributed by atoms with Crippen molar-refractivity contribution in [2.24, 2.45) is 5.92 Å². The average molecular weight is 429 g/mol. The van der Waals surface area contributed by atoms with Crippen LogP contribution in [0.2, 0.25) is 0 Å². The number of sulfonamides is 1. The second-order valence-corrected chi connectivity index (χ2v) is 12.4. The molecule has 2 aliphatic rings. The fraction of sp³-hybridized carbons (Fsp3) is 0.632. The molecule has 0 radical (unpaired) electrons. The Labute approximate surface area is 167 Å². The summed E-state index contributed by atoms with van der Waals surface area (Å²) in [5, 5.41) is 0. The van der Waals surface area contributed by atoms with E-state index in [1.54, 1.807) is 26.1 Å². The molecule has 3 rings (SSSR count). The summed E-state index contributed by atoms with van der Waals surface area (Å²) in [6.07, 6.45) is 2.03. The standard InChI is InChI=1S/C19H28N2O5S2/c1-15-7-10-21(11-8-15)28(25,26)17-6-4-5-16(13-17)18(22)20(3)19(2)9-12-27(23,24)14-19/h4-6,13,15H,7-12,14H2,1-3H3/t19-/m0/s1. The van der Waals surface area contributed by atoms with Crippen LogP contribution in [0.1, 0.15) is 43.5 Å². The lowest BCUT2D eigenvalue weighted by molar-refractivity contribution is 0.0638. The number of piperidine rings is 1. The molecule has 0 N–H and O–H groups in total. The maximum absolute atomic E-state index is 13.0. The van der Waals surface area contributed by atoms with Gasteiger partial charge in [0.2, 0.25) is 10.0 Å². The second-order valence-electron chi connectivity index (χ2n) is 8.32. The largest absolute Gasteiger partial charge is 0.335 e. The molecular weight excluding hydrogens is 400 g/mol. The van der Waals surface area contributed by atoms with Crippen molar-refractivity contribution in [1.82, 2.24) is 9.21 Å². The molecule has 2 aliphatic heterocycles. The van der Waals surface area contributed by atoms with Gasteiger partial charge >= 0.3 is 0 Å². The quantitative estimate of drug-likeness (QED) is 0.729. The molecule has 0 saturated carbocycles. The molecule has 1 atom stereocenters. The van der Waals surface area contributed by atoms with Gasteiger partial charge in [0.1, 0.15) is 0 Å². The number of carbonyl (C=O) groups is 1. The maximum Gasteiger partial charge on any atom is 0.254 e. The highest BCUT2D eigenvalue weighted by Gasteiger charge is 2.43. The second kappa shape index (κ2) is 7.42. The van der Waals surface area contributed by atoms with Gasteiger partial charge in [-0.05, 0) is 50.3 Å². The number of benzene rings is 1. The summed E-state index contributed by atoms with van der Waals surface area (Å²) in [6.45, 7) is 4.84. The molecule has 28 heavy (non-hydrogen) atoms. The Bertz CT molecular complexity index is 966. The molecule has 1 amide bonds. The van der Waals surface area contributed by atoms with E-state index in [0.717, 1.165) is 12.8 Å². The van der Waals surface area contributed by atoms with Crippen LogP contribution in [0.5, 0.6) is 0 Å². The van der Waals surface area contributed by atoms with Gasteiger partial charge in [-0.25, -0.2) is 16.8 Å². The van der Waals surface area contributed by atoms with E-state index in [0.29, 0.717) is 25.4 Å². The highest BCUT2D eigenvalue weighted by Crippen LogP contribution is 2.30. The van der Waals surface area contributed by atoms with Gasteiger partial charge in [0.15, 0.2) is 9.84 Å². The van der Waals surface area contributed by atoms with Gasteiger partial charge < -0.3 is 4.90 Å². The first kappa shape index (κ1) is 21.3. The third-order valence-electron chi connectivity index (χ3n) is 6.06. The third kappa shape index (κ3) is 4.11. The zero-order valence-electron chi connectivity index (χ0n) is 16.6. The number of hydrogen-bond acceptors (Lipinski definition) is 5. The Morgan fingerprint density at radius 3 is 2.46 bits per heavy atom. The average Bonchev–Trinajstić information content (AvgIpc) is 2.95. The van der Waals surface area contributed by atoms with Crippen LogP contribution >= 0.6 is 0 Å². The van der Waals surface area contributed by atoms with Crippen molar-refractivity contribution in [1.29, 1.82) is 0 Å². The predicted octanol–water partition coefficient (Wildman–Crippen LogP) is 1.76. The molecule has 1 aromatic rings. The van der Waals surface area contributed by atoms with Crippen LogP contribution in [0.3, 0.4) is 0 Å². The van der Waals surface area contributed by atoms with Gasteiger partial charge in [0.05, 0.1) is 21.9 Å². The molecule has 7 nitrogen and oxygen atoms in total. The lowest BCUT2D eigenvalue weighted by Gasteiger charge is -2.34. The minimum absolute atomic E-state index is 0.0585. The molecule has 2 heterocycles. The van der Waals surface area contributed by atoms with Crippen molar-refractivity contribution in [2.75, 3.05) is 31.6 Å². The van der Waals surface area contributed by atoms with Crippen LogP contribution in [0.4, 0.5) is 0 Å². The molecule has 9 heteroatoms. The topological polar surface area (TPSA) is 91.8 Å². The fourth-order valence-corrected chi connectivity index (χ4v) is 7.56. The first-order valence-electron chi connectivity index (χ1n) is 9.53. The fourth-order valence-electron chi connectivity index (χ4n) is 3.86. The van der Waals surface area contributed by atoms with Crippen LogP contribution < -0.4 is 0 Å². The van der Waals surface area contributed by atoms with Crippen molar-refractivity contribution in [3.63, 3.8) is 0 Å². The van der Waals surface area contributed by atoms with Crippen LogP contribution in [0.25, 0.3) is 0 Å². The SMILES string of the molecule is CC1CCN(S(=O)(=O)c2cccc(C(=O)N(C)[C@@]3(C)CCS(=O)(=O)C3)c2)CC1. The molecular formula is C19H28N2O5S2. The Morgan fingerprint density at radius 2 is 1.89 bits per heavy atom. The molecule has 156 valence electrons. The van der Waals surface area contributed by atoms with Crippen LogP contribution in [0, 0.1) is 5.92 Å². The highest BCUT2D eigenvalue weighted by atomic mass is 32.2. The number of amides is 1. The van der Waals surface area contributed by atoms with Crippen molar-refractivity contribution in [3.8, 4) is 0 Å². The molecule has 2 fully saturated rings. The zero-order valence-corrected chi connectivity index (χ0v) is 18.2. The van der Waals surface area contributed by atoms with E-state index < -0.39 is 25.4 Å². The van der Waals surface area contributed by atoms with Crippen molar-refractivity contribution in [3.05, 3.63) is 29.8 Å². The Hall–Kier alpha value is -1.45. The predicted molar refractivity (Wildman–Crippen MR) is 107 cm³/mol. The van der Waals surface area contributed by atoms with E-state index in [4.69, 9.17) is 0 Å². The van der Waals surface area contributed by atoms with Crippen molar-refractivity contribution >= 4 is 25.8 Å². The summed E-state index contributed by atoms with van der Waals surface area (Å²) in [6, 6.07) is 6.04. The summed E-state index contributed by atoms with van der Waals surface area (Å²) in [5.74, 6) is 0.120. The molecule has 2 saturated heterocycles. The number of rotatable bonds is 4. The highest BCUT2D eigenvalue weighted by molar-refractivity contribution is 7.91. The summed E-state index contributed by atoms with van der Waals surface area (Å²) < 4.78 is 51.1. The van der Waals surface area contributed by atoms with Crippen LogP contribution in [0.15, 0.2) is 29.2 Å². The lowest BCUT2D eigenvalue weighted by atomic mass is 9.99. The van der Waals surface area contributed by atoms with Crippen molar-refractivity contribution in [2.45, 2.75) is 43.5 Å². The van der Waals surface area contributed by atoms with E-state index in [1.807, 2.05) is 0 Å². The number of hydrogen-bond donors (Lipinski definition) is 0. The third-order valence-corrected chi connectivity index (χ3v) is 9.84. The van der Waals surface area contributed by atoms with Gasteiger partial charge in [-0.1, -0.05) is 13.0 Å². The van der Waals surface area contributed by atoms with Gasteiger partial charge in [-0.2, -0.15) is 4.31 Å². The summed E-state index contributed by atoms with van der Waals surface area (Å²) >= 11 is 0. The summed E-state index contributed by atoms with van der Waals surface area (Å²) in [5.41, 5.74) is -0.534. The Kier molecular flexibility index (Phi) is 5.64. The van der Waals surface area contributed by atoms with E-state index in [1.165, 1.54) is 21.3 Å². The molecule has 0 spiro atoms. The van der Waals surface area contributed by atoms with Gasteiger partial charge in [-0.15, -0.1) is 0 Å². The first-order chi connectivity index (χ1) is 12.9. The van der Waals surface area contributed by atoms with E-state index in [9.17, 15) is 21.6 Å². The van der Waals surface area contributed by atoms with Crippen molar-refractivity contribution < 1.29 is 21.6 Å². The lowest BCUT2D eigenvalue weighted by Crippen LogP contribution is -2.48. The molecule has 0 bridgehead atoms. The molecule has 0 aliphatic carbocycles. The van der Waals surface area contributed by atoms with Gasteiger partial charge in [-0.3, -0.25) is 4.79 Å². The molecule has 1 aromatic carbocycles. The van der Waals surface area contributed by atoms with E-state index in [-0.39, 0.29) is 27.9 Å². The van der Waals surface area contributed by atoms with Crippen LogP contribution in [-0.4, -0.2) is 69.1 Å². The monoisotopic (exact) mass is 428 g/mol. The summed E-state index contributed by atoms with van der Waals surface area (Å²) in [7, 11) is -5.24. The maximum atomic E-state index is 13.0. The minimum atomic E-state index is -3.65. The molecule has 0 unspecified atom stereocenters. The number of nitrogens with zero attached hydrogens (tertiary/aromatic N) is 2. The number of carbonyl (C=O) groups excluding carboxylic acids is 1. The smallest absolute Gasteiger partial charge is 0.254 e. The van der Waals surface area contributed by atoms with E-state index >= 15 is 0 Å². The minimum Gasteiger partial charge on any atom is -0.335 e. The normalized spacial score (nSPS) is 26.2.